The normalized spacial score (nSPS) is 12.7. The van der Waals surface area contributed by atoms with Crippen molar-refractivity contribution in [3.63, 3.8) is 0 Å². The van der Waals surface area contributed by atoms with Crippen LogP contribution in [0.1, 0.15) is 35.2 Å². The van der Waals surface area contributed by atoms with Crippen molar-refractivity contribution in [3.05, 3.63) is 51.7 Å². The summed E-state index contributed by atoms with van der Waals surface area (Å²) in [6.07, 6.45) is 0.181. The van der Waals surface area contributed by atoms with E-state index in [1.165, 1.54) is 9.75 Å². The molecule has 0 bridgehead atoms. The molecule has 2 aromatic rings. The van der Waals surface area contributed by atoms with E-state index in [4.69, 9.17) is 10.5 Å². The van der Waals surface area contributed by atoms with Crippen LogP contribution in [0, 0.1) is 6.92 Å². The average Bonchev–Trinajstić information content (AvgIpc) is 2.74. The zero-order valence-corrected chi connectivity index (χ0v) is 11.8. The lowest BCUT2D eigenvalue weighted by Gasteiger charge is -2.14. The van der Waals surface area contributed by atoms with Crippen LogP contribution < -0.4 is 10.5 Å². The van der Waals surface area contributed by atoms with Crippen LogP contribution in [0.4, 0.5) is 0 Å². The fourth-order valence-electron chi connectivity index (χ4n) is 1.84. The van der Waals surface area contributed by atoms with Crippen LogP contribution in [0.3, 0.4) is 0 Å². The third kappa shape index (κ3) is 3.12. The van der Waals surface area contributed by atoms with Crippen molar-refractivity contribution < 1.29 is 4.74 Å². The fourth-order valence-corrected chi connectivity index (χ4v) is 2.75. The molecule has 2 nitrogen and oxygen atoms in total. The molecular formula is C15H19NOS. The fraction of sp³-hybridized carbons (Fsp3) is 0.333. The summed E-state index contributed by atoms with van der Waals surface area (Å²) in [6, 6.07) is 12.2. The first kappa shape index (κ1) is 13.1. The monoisotopic (exact) mass is 261 g/mol. The van der Waals surface area contributed by atoms with E-state index in [1.54, 1.807) is 11.3 Å². The summed E-state index contributed by atoms with van der Waals surface area (Å²) in [5.41, 5.74) is 7.38. The molecule has 0 fully saturated rings. The molecule has 18 heavy (non-hydrogen) atoms. The Labute approximate surface area is 112 Å². The van der Waals surface area contributed by atoms with Crippen LogP contribution in [0.15, 0.2) is 36.4 Å². The summed E-state index contributed by atoms with van der Waals surface area (Å²) in [4.78, 5) is 2.48. The van der Waals surface area contributed by atoms with Gasteiger partial charge in [0.1, 0.15) is 5.75 Å². The lowest BCUT2D eigenvalue weighted by Crippen LogP contribution is -2.11. The molecule has 1 unspecified atom stereocenters. The van der Waals surface area contributed by atoms with Crippen molar-refractivity contribution in [1.82, 2.24) is 0 Å². The molecule has 1 aromatic carbocycles. The van der Waals surface area contributed by atoms with Crippen LogP contribution in [0.25, 0.3) is 0 Å². The van der Waals surface area contributed by atoms with Crippen molar-refractivity contribution >= 4 is 11.3 Å². The summed E-state index contributed by atoms with van der Waals surface area (Å²) in [6.45, 7) is 6.14. The Morgan fingerprint density at radius 1 is 1.17 bits per heavy atom. The van der Waals surface area contributed by atoms with Crippen molar-refractivity contribution in [2.75, 3.05) is 0 Å². The first-order valence-corrected chi connectivity index (χ1v) is 6.96. The van der Waals surface area contributed by atoms with E-state index in [0.717, 1.165) is 11.3 Å². The number of ether oxygens (including phenoxy) is 1. The lowest BCUT2D eigenvalue weighted by molar-refractivity contribution is 0.242. The third-order valence-electron chi connectivity index (χ3n) is 2.66. The van der Waals surface area contributed by atoms with Crippen LogP contribution in [0.5, 0.6) is 5.75 Å². The first-order chi connectivity index (χ1) is 8.56. The third-order valence-corrected chi connectivity index (χ3v) is 3.74. The molecule has 96 valence electrons. The van der Waals surface area contributed by atoms with Gasteiger partial charge in [-0.15, -0.1) is 11.3 Å². The number of hydrogen-bond donors (Lipinski definition) is 1. The number of rotatable bonds is 4. The summed E-state index contributed by atoms with van der Waals surface area (Å²) in [5, 5.41) is 0. The highest BCUT2D eigenvalue weighted by Gasteiger charge is 2.11. The van der Waals surface area contributed by atoms with E-state index >= 15 is 0 Å². The second kappa shape index (κ2) is 5.55. The Balaban J connectivity index is 2.22. The molecule has 0 spiro atoms. The Hall–Kier alpha value is -1.32. The van der Waals surface area contributed by atoms with Gasteiger partial charge in [0.05, 0.1) is 12.1 Å². The van der Waals surface area contributed by atoms with E-state index in [9.17, 15) is 0 Å². The first-order valence-electron chi connectivity index (χ1n) is 6.15. The average molecular weight is 261 g/mol. The zero-order chi connectivity index (χ0) is 13.1. The maximum Gasteiger partial charge on any atom is 0.120 e. The molecule has 0 aliphatic rings. The highest BCUT2D eigenvalue weighted by molar-refractivity contribution is 7.12. The van der Waals surface area contributed by atoms with E-state index in [2.05, 4.69) is 19.1 Å². The molecule has 1 heterocycles. The van der Waals surface area contributed by atoms with Gasteiger partial charge in [-0.05, 0) is 50.6 Å². The van der Waals surface area contributed by atoms with Gasteiger partial charge in [-0.3, -0.25) is 0 Å². The Morgan fingerprint density at radius 3 is 2.56 bits per heavy atom. The van der Waals surface area contributed by atoms with E-state index in [-0.39, 0.29) is 12.1 Å². The van der Waals surface area contributed by atoms with Gasteiger partial charge >= 0.3 is 0 Å². The van der Waals surface area contributed by atoms with Gasteiger partial charge in [-0.2, -0.15) is 0 Å². The number of thiophene rings is 1. The van der Waals surface area contributed by atoms with E-state index in [1.807, 2.05) is 38.1 Å². The van der Waals surface area contributed by atoms with Gasteiger partial charge in [0, 0.05) is 9.75 Å². The summed E-state index contributed by atoms with van der Waals surface area (Å²) < 4.78 is 5.69. The summed E-state index contributed by atoms with van der Waals surface area (Å²) in [5.74, 6) is 0.881. The highest BCUT2D eigenvalue weighted by Crippen LogP contribution is 2.28. The molecule has 1 atom stereocenters. The molecular weight excluding hydrogens is 242 g/mol. The maximum atomic E-state index is 6.28. The Bertz CT molecular complexity index is 519. The predicted octanol–water partition coefficient (Wildman–Crippen LogP) is 3.89. The number of benzene rings is 1. The lowest BCUT2D eigenvalue weighted by atomic mass is 10.1. The smallest absolute Gasteiger partial charge is 0.120 e. The molecule has 0 saturated carbocycles. The zero-order valence-electron chi connectivity index (χ0n) is 11.0. The van der Waals surface area contributed by atoms with Gasteiger partial charge in [-0.1, -0.05) is 12.1 Å². The minimum atomic E-state index is -0.0700. The quantitative estimate of drug-likeness (QED) is 0.906. The molecule has 0 saturated heterocycles. The van der Waals surface area contributed by atoms with E-state index < -0.39 is 0 Å². The maximum absolute atomic E-state index is 6.28. The molecule has 2 N–H and O–H groups in total. The summed E-state index contributed by atoms with van der Waals surface area (Å²) in [7, 11) is 0. The van der Waals surface area contributed by atoms with Crippen molar-refractivity contribution in [2.45, 2.75) is 32.9 Å². The van der Waals surface area contributed by atoms with Crippen molar-refractivity contribution in [1.29, 1.82) is 0 Å². The minimum Gasteiger partial charge on any atom is -0.491 e. The predicted molar refractivity (Wildman–Crippen MR) is 77.3 cm³/mol. The molecule has 0 aliphatic carbocycles. The largest absolute Gasteiger partial charge is 0.491 e. The van der Waals surface area contributed by atoms with Crippen LogP contribution in [-0.4, -0.2) is 6.10 Å². The second-order valence-electron chi connectivity index (χ2n) is 4.67. The molecule has 2 rings (SSSR count). The van der Waals surface area contributed by atoms with Crippen LogP contribution >= 0.6 is 11.3 Å². The number of aryl methyl sites for hydroxylation is 1. The molecule has 0 radical (unpaired) electrons. The number of hydrogen-bond acceptors (Lipinski definition) is 3. The summed E-state index contributed by atoms with van der Waals surface area (Å²) >= 11 is 1.74. The SMILES string of the molecule is Cc1ccc(C(N)c2cccc(OC(C)C)c2)s1. The second-order valence-corrected chi connectivity index (χ2v) is 5.98. The molecule has 3 heteroatoms. The molecule has 0 amide bonds. The number of nitrogens with two attached hydrogens (primary N) is 1. The van der Waals surface area contributed by atoms with Gasteiger partial charge in [0.2, 0.25) is 0 Å². The van der Waals surface area contributed by atoms with Gasteiger partial charge in [0.15, 0.2) is 0 Å². The molecule has 1 aromatic heterocycles. The van der Waals surface area contributed by atoms with Crippen molar-refractivity contribution in [2.24, 2.45) is 5.73 Å². The van der Waals surface area contributed by atoms with Gasteiger partial charge in [0.25, 0.3) is 0 Å². The standard InChI is InChI=1S/C15H19NOS/c1-10(2)17-13-6-4-5-12(9-13)15(16)14-8-7-11(3)18-14/h4-10,15H,16H2,1-3H3. The Kier molecular flexibility index (Phi) is 4.04. The van der Waals surface area contributed by atoms with E-state index in [0.29, 0.717) is 0 Å². The van der Waals surface area contributed by atoms with Crippen LogP contribution in [-0.2, 0) is 0 Å². The van der Waals surface area contributed by atoms with Crippen molar-refractivity contribution in [3.8, 4) is 5.75 Å². The van der Waals surface area contributed by atoms with Gasteiger partial charge in [-0.25, -0.2) is 0 Å². The topological polar surface area (TPSA) is 35.2 Å². The van der Waals surface area contributed by atoms with Gasteiger partial charge < -0.3 is 10.5 Å². The highest BCUT2D eigenvalue weighted by atomic mass is 32.1. The van der Waals surface area contributed by atoms with Crippen LogP contribution in [0.2, 0.25) is 0 Å². The Morgan fingerprint density at radius 2 is 1.94 bits per heavy atom. The molecule has 0 aliphatic heterocycles. The minimum absolute atomic E-state index is 0.0700.